The van der Waals surface area contributed by atoms with Crippen molar-refractivity contribution in [2.24, 2.45) is 5.92 Å². The molecule has 4 heteroatoms. The van der Waals surface area contributed by atoms with Crippen molar-refractivity contribution in [3.8, 4) is 0 Å². The van der Waals surface area contributed by atoms with Gasteiger partial charge in [0, 0.05) is 38.6 Å². The van der Waals surface area contributed by atoms with Gasteiger partial charge in [-0.25, -0.2) is 4.39 Å². The van der Waals surface area contributed by atoms with Crippen LogP contribution in [0.5, 0.6) is 0 Å². The molecule has 0 spiro atoms. The number of hydrogen-bond acceptors (Lipinski definition) is 3. The molecule has 0 aromatic heterocycles. The van der Waals surface area contributed by atoms with Gasteiger partial charge in [0.05, 0.1) is 5.60 Å². The Hall–Kier alpha value is -0.970. The minimum Gasteiger partial charge on any atom is -0.385 e. The molecule has 0 aliphatic carbocycles. The number of likely N-dealkylation sites (N-methyl/N-ethyl adjacent to an activating group) is 1. The van der Waals surface area contributed by atoms with E-state index in [2.05, 4.69) is 23.8 Å². The highest BCUT2D eigenvalue weighted by Gasteiger charge is 2.35. The second-order valence-corrected chi connectivity index (χ2v) is 6.75. The van der Waals surface area contributed by atoms with Crippen LogP contribution >= 0.6 is 0 Å². The van der Waals surface area contributed by atoms with Crippen molar-refractivity contribution in [1.82, 2.24) is 9.80 Å². The van der Waals surface area contributed by atoms with Crippen molar-refractivity contribution in [3.05, 3.63) is 35.1 Å². The van der Waals surface area contributed by atoms with Gasteiger partial charge in [-0.2, -0.15) is 0 Å². The number of aryl methyl sites for hydroxylation is 1. The maximum atomic E-state index is 13.5. The van der Waals surface area contributed by atoms with E-state index in [1.165, 1.54) is 6.07 Å². The van der Waals surface area contributed by atoms with Crippen molar-refractivity contribution in [2.45, 2.75) is 32.8 Å². The Morgan fingerprint density at radius 1 is 1.27 bits per heavy atom. The van der Waals surface area contributed by atoms with Crippen molar-refractivity contribution in [1.29, 1.82) is 0 Å². The third-order valence-corrected chi connectivity index (χ3v) is 5.14. The van der Waals surface area contributed by atoms with Gasteiger partial charge in [0.15, 0.2) is 0 Å². The minimum absolute atomic E-state index is 0.103. The fourth-order valence-corrected chi connectivity index (χ4v) is 3.32. The lowest BCUT2D eigenvalue weighted by molar-refractivity contribution is -0.0372. The number of piperazine rings is 1. The van der Waals surface area contributed by atoms with Crippen LogP contribution in [-0.4, -0.2) is 54.7 Å². The first kappa shape index (κ1) is 17.4. The zero-order chi connectivity index (χ0) is 16.3. The lowest BCUT2D eigenvalue weighted by atomic mass is 9.79. The topological polar surface area (TPSA) is 26.7 Å². The van der Waals surface area contributed by atoms with Gasteiger partial charge in [0.25, 0.3) is 0 Å². The van der Waals surface area contributed by atoms with Crippen LogP contribution in [0, 0.1) is 18.7 Å². The van der Waals surface area contributed by atoms with Gasteiger partial charge in [-0.05, 0) is 37.6 Å². The van der Waals surface area contributed by atoms with E-state index in [1.807, 2.05) is 6.92 Å². The maximum Gasteiger partial charge on any atom is 0.126 e. The molecule has 0 amide bonds. The molecule has 1 aliphatic heterocycles. The lowest BCUT2D eigenvalue weighted by Crippen LogP contribution is -2.48. The van der Waals surface area contributed by atoms with E-state index in [9.17, 15) is 9.50 Å². The summed E-state index contributed by atoms with van der Waals surface area (Å²) >= 11 is 0. The van der Waals surface area contributed by atoms with E-state index in [-0.39, 0.29) is 11.7 Å². The van der Waals surface area contributed by atoms with E-state index >= 15 is 0 Å². The maximum absolute atomic E-state index is 13.5. The Bertz CT molecular complexity index is 500. The standard InChI is InChI=1S/C18H29FN2O/c1-5-18(22,16-6-7-17(19)14(2)12-16)15(3)13-21-10-8-20(4)9-11-21/h6-7,12,15,22H,5,8-11,13H2,1-4H3. The first-order valence-corrected chi connectivity index (χ1v) is 8.26. The molecular weight excluding hydrogens is 279 g/mol. The number of nitrogens with zero attached hydrogens (tertiary/aromatic N) is 2. The minimum atomic E-state index is -0.901. The van der Waals surface area contributed by atoms with Crippen LogP contribution in [0.15, 0.2) is 18.2 Å². The Morgan fingerprint density at radius 3 is 2.45 bits per heavy atom. The molecule has 1 aromatic carbocycles. The number of rotatable bonds is 5. The average molecular weight is 308 g/mol. The second kappa shape index (κ2) is 7.07. The molecule has 2 atom stereocenters. The van der Waals surface area contributed by atoms with Crippen LogP contribution in [0.2, 0.25) is 0 Å². The molecule has 1 heterocycles. The molecule has 124 valence electrons. The summed E-state index contributed by atoms with van der Waals surface area (Å²) in [5.74, 6) is -0.111. The fraction of sp³-hybridized carbons (Fsp3) is 0.667. The van der Waals surface area contributed by atoms with Crippen LogP contribution in [0.4, 0.5) is 4.39 Å². The summed E-state index contributed by atoms with van der Waals surface area (Å²) in [4.78, 5) is 4.75. The summed E-state index contributed by atoms with van der Waals surface area (Å²) in [5.41, 5.74) is 0.522. The van der Waals surface area contributed by atoms with E-state index in [4.69, 9.17) is 0 Å². The Kier molecular flexibility index (Phi) is 5.59. The predicted molar refractivity (Wildman–Crippen MR) is 88.4 cm³/mol. The highest BCUT2D eigenvalue weighted by Crippen LogP contribution is 2.34. The molecule has 1 N–H and O–H groups in total. The summed E-state index contributed by atoms with van der Waals surface area (Å²) in [6.07, 6.45) is 0.632. The quantitative estimate of drug-likeness (QED) is 0.906. The Morgan fingerprint density at radius 2 is 1.91 bits per heavy atom. The van der Waals surface area contributed by atoms with E-state index in [0.717, 1.165) is 38.3 Å². The predicted octanol–water partition coefficient (Wildman–Crippen LogP) is 2.62. The number of halogens is 1. The van der Waals surface area contributed by atoms with Gasteiger partial charge in [0.2, 0.25) is 0 Å². The average Bonchev–Trinajstić information content (AvgIpc) is 2.51. The van der Waals surface area contributed by atoms with Crippen LogP contribution in [0.1, 0.15) is 31.4 Å². The summed E-state index contributed by atoms with van der Waals surface area (Å²) in [6.45, 7) is 11.0. The summed E-state index contributed by atoms with van der Waals surface area (Å²) < 4.78 is 13.5. The second-order valence-electron chi connectivity index (χ2n) is 6.75. The molecule has 0 radical (unpaired) electrons. The van der Waals surface area contributed by atoms with Crippen LogP contribution in [0.3, 0.4) is 0 Å². The van der Waals surface area contributed by atoms with Gasteiger partial charge in [-0.15, -0.1) is 0 Å². The van der Waals surface area contributed by atoms with Crippen molar-refractivity contribution in [2.75, 3.05) is 39.8 Å². The fourth-order valence-electron chi connectivity index (χ4n) is 3.32. The zero-order valence-corrected chi connectivity index (χ0v) is 14.3. The highest BCUT2D eigenvalue weighted by molar-refractivity contribution is 5.29. The molecule has 2 unspecified atom stereocenters. The Labute approximate surface area is 133 Å². The summed E-state index contributed by atoms with van der Waals surface area (Å²) in [6, 6.07) is 4.99. The molecule has 0 bridgehead atoms. The SMILES string of the molecule is CCC(O)(c1ccc(F)c(C)c1)C(C)CN1CCN(C)CC1. The molecule has 0 saturated carbocycles. The van der Waals surface area contributed by atoms with Gasteiger partial charge in [0.1, 0.15) is 5.82 Å². The number of hydrogen-bond donors (Lipinski definition) is 1. The molecule has 2 rings (SSSR count). The molecule has 1 fully saturated rings. The number of aliphatic hydroxyl groups is 1. The molecule has 1 saturated heterocycles. The van der Waals surface area contributed by atoms with E-state index < -0.39 is 5.60 Å². The largest absolute Gasteiger partial charge is 0.385 e. The first-order chi connectivity index (χ1) is 10.4. The number of benzene rings is 1. The van der Waals surface area contributed by atoms with Crippen LogP contribution < -0.4 is 0 Å². The van der Waals surface area contributed by atoms with Gasteiger partial charge in [-0.1, -0.05) is 26.0 Å². The zero-order valence-electron chi connectivity index (χ0n) is 14.3. The monoisotopic (exact) mass is 308 g/mol. The summed E-state index contributed by atoms with van der Waals surface area (Å²) in [5, 5.41) is 11.2. The van der Waals surface area contributed by atoms with E-state index in [1.54, 1.807) is 19.1 Å². The van der Waals surface area contributed by atoms with Crippen molar-refractivity contribution >= 4 is 0 Å². The highest BCUT2D eigenvalue weighted by atomic mass is 19.1. The molecule has 22 heavy (non-hydrogen) atoms. The van der Waals surface area contributed by atoms with Crippen molar-refractivity contribution < 1.29 is 9.50 Å². The third kappa shape index (κ3) is 3.67. The van der Waals surface area contributed by atoms with E-state index in [0.29, 0.717) is 12.0 Å². The molecule has 1 aliphatic rings. The molecular formula is C18H29FN2O. The van der Waals surface area contributed by atoms with Gasteiger partial charge in [-0.3, -0.25) is 0 Å². The normalized spacial score (nSPS) is 21.5. The third-order valence-electron chi connectivity index (χ3n) is 5.14. The van der Waals surface area contributed by atoms with Crippen LogP contribution in [-0.2, 0) is 5.60 Å². The first-order valence-electron chi connectivity index (χ1n) is 8.26. The van der Waals surface area contributed by atoms with Crippen molar-refractivity contribution in [3.63, 3.8) is 0 Å². The molecule has 1 aromatic rings. The Balaban J connectivity index is 2.12. The lowest BCUT2D eigenvalue weighted by Gasteiger charge is -2.39. The van der Waals surface area contributed by atoms with Gasteiger partial charge < -0.3 is 14.9 Å². The molecule has 3 nitrogen and oxygen atoms in total. The summed E-state index contributed by atoms with van der Waals surface area (Å²) in [7, 11) is 2.14. The smallest absolute Gasteiger partial charge is 0.126 e. The van der Waals surface area contributed by atoms with Crippen LogP contribution in [0.25, 0.3) is 0 Å². The van der Waals surface area contributed by atoms with Gasteiger partial charge >= 0.3 is 0 Å².